The first-order valence-corrected chi connectivity index (χ1v) is 7.64. The highest BCUT2D eigenvalue weighted by molar-refractivity contribution is 6.12. The maximum Gasteiger partial charge on any atom is 0.314 e. The molecule has 1 fully saturated rings. The largest absolute Gasteiger partial charge is 0.366 e. The summed E-state index contributed by atoms with van der Waals surface area (Å²) in [6, 6.07) is -0.562. The molecule has 0 aromatic heterocycles. The molecule has 0 spiro atoms. The van der Waals surface area contributed by atoms with Crippen LogP contribution in [0.5, 0.6) is 0 Å². The summed E-state index contributed by atoms with van der Waals surface area (Å²) >= 11 is 0. The lowest BCUT2D eigenvalue weighted by Crippen LogP contribution is -2.43. The van der Waals surface area contributed by atoms with Crippen LogP contribution in [0.15, 0.2) is 12.2 Å². The maximum absolute atomic E-state index is 11.5. The lowest BCUT2D eigenvalue weighted by molar-refractivity contribution is -0.245. The summed E-state index contributed by atoms with van der Waals surface area (Å²) in [6.45, 7) is 0.135. The van der Waals surface area contributed by atoms with Crippen LogP contribution in [0.1, 0.15) is 19.3 Å². The van der Waals surface area contributed by atoms with Crippen LogP contribution in [0.25, 0.3) is 0 Å². The molecule has 11 nitrogen and oxygen atoms in total. The molecule has 136 valence electrons. The van der Waals surface area contributed by atoms with Crippen molar-refractivity contribution in [3.05, 3.63) is 12.2 Å². The fraction of sp³-hybridized carbons (Fsp3) is 0.500. The Bertz CT molecular complexity index is 584. The van der Waals surface area contributed by atoms with Gasteiger partial charge < -0.3 is 15.7 Å². The molecule has 1 unspecified atom stereocenters. The second kappa shape index (κ2) is 8.35. The molecule has 2 heterocycles. The molecule has 2 rings (SSSR count). The van der Waals surface area contributed by atoms with Crippen LogP contribution in [0.3, 0.4) is 0 Å². The standard InChI is InChI=1S/C14H18N4O7/c19-9-1-2-10(20)17(9)8-7-16-14(24)15-6-5-13(23)25-18-11(21)3-4-12(18)22/h1-2,13,23H,3-8H2,(H2,15,16,24). The van der Waals surface area contributed by atoms with Gasteiger partial charge in [-0.25, -0.2) is 9.63 Å². The second-order valence-corrected chi connectivity index (χ2v) is 5.27. The molecule has 0 radical (unpaired) electrons. The summed E-state index contributed by atoms with van der Waals surface area (Å²) in [5.41, 5.74) is 0. The first-order valence-electron chi connectivity index (χ1n) is 7.64. The van der Waals surface area contributed by atoms with Gasteiger partial charge in [-0.05, 0) is 0 Å². The van der Waals surface area contributed by atoms with Gasteiger partial charge >= 0.3 is 6.03 Å². The number of nitrogens with one attached hydrogen (secondary N) is 2. The predicted octanol–water partition coefficient (Wildman–Crippen LogP) is -2.00. The molecular formula is C14H18N4O7. The summed E-state index contributed by atoms with van der Waals surface area (Å²) in [7, 11) is 0. The molecule has 11 heteroatoms. The van der Waals surface area contributed by atoms with E-state index in [1.165, 1.54) is 0 Å². The maximum atomic E-state index is 11.5. The van der Waals surface area contributed by atoms with Crippen LogP contribution in [0.4, 0.5) is 4.79 Å². The van der Waals surface area contributed by atoms with Crippen molar-refractivity contribution >= 4 is 29.7 Å². The molecule has 2 aliphatic heterocycles. The minimum absolute atomic E-state index is 0.0202. The number of hydrogen-bond acceptors (Lipinski definition) is 7. The number of hydroxylamine groups is 2. The first-order chi connectivity index (χ1) is 11.9. The van der Waals surface area contributed by atoms with Gasteiger partial charge in [-0.2, -0.15) is 5.06 Å². The number of urea groups is 1. The fourth-order valence-electron chi connectivity index (χ4n) is 2.15. The zero-order valence-corrected chi connectivity index (χ0v) is 13.3. The Balaban J connectivity index is 1.57. The van der Waals surface area contributed by atoms with Crippen molar-refractivity contribution in [1.29, 1.82) is 0 Å². The number of aliphatic hydroxyl groups excluding tert-OH is 1. The molecule has 6 amide bonds. The average molecular weight is 354 g/mol. The van der Waals surface area contributed by atoms with E-state index in [9.17, 15) is 29.1 Å². The van der Waals surface area contributed by atoms with Gasteiger partial charge in [-0.15, -0.1) is 0 Å². The van der Waals surface area contributed by atoms with Gasteiger partial charge in [-0.1, -0.05) is 0 Å². The summed E-state index contributed by atoms with van der Waals surface area (Å²) < 4.78 is 0. The van der Waals surface area contributed by atoms with Crippen molar-refractivity contribution in [3.63, 3.8) is 0 Å². The third-order valence-corrected chi connectivity index (χ3v) is 3.43. The number of hydrogen-bond donors (Lipinski definition) is 3. The molecule has 1 saturated heterocycles. The number of carbonyl (C=O) groups excluding carboxylic acids is 5. The van der Waals surface area contributed by atoms with E-state index in [1.807, 2.05) is 0 Å². The van der Waals surface area contributed by atoms with E-state index in [4.69, 9.17) is 4.84 Å². The van der Waals surface area contributed by atoms with E-state index < -0.39 is 35.9 Å². The van der Waals surface area contributed by atoms with Crippen LogP contribution < -0.4 is 10.6 Å². The van der Waals surface area contributed by atoms with Crippen molar-refractivity contribution in [3.8, 4) is 0 Å². The molecule has 0 bridgehead atoms. The molecule has 0 aromatic rings. The number of nitrogens with zero attached hydrogens (tertiary/aromatic N) is 2. The van der Waals surface area contributed by atoms with E-state index in [0.717, 1.165) is 17.1 Å². The number of aliphatic hydroxyl groups is 1. The first kappa shape index (κ1) is 18.5. The van der Waals surface area contributed by atoms with Crippen LogP contribution in [0.2, 0.25) is 0 Å². The highest BCUT2D eigenvalue weighted by atomic mass is 16.8. The number of carbonyl (C=O) groups is 5. The molecular weight excluding hydrogens is 336 g/mol. The Labute approximate surface area is 142 Å². The van der Waals surface area contributed by atoms with Crippen LogP contribution >= 0.6 is 0 Å². The lowest BCUT2D eigenvalue weighted by atomic mass is 10.4. The Morgan fingerprint density at radius 1 is 1.08 bits per heavy atom. The molecule has 1 atom stereocenters. The minimum atomic E-state index is -1.42. The fourth-order valence-corrected chi connectivity index (χ4v) is 2.15. The summed E-state index contributed by atoms with van der Waals surface area (Å²) in [6.07, 6.45) is 0.932. The Hall–Kier alpha value is -2.79. The molecule has 0 aliphatic carbocycles. The number of imide groups is 2. The smallest absolute Gasteiger partial charge is 0.314 e. The van der Waals surface area contributed by atoms with Crippen molar-refractivity contribution in [1.82, 2.24) is 20.6 Å². The highest BCUT2D eigenvalue weighted by Gasteiger charge is 2.32. The lowest BCUT2D eigenvalue weighted by Gasteiger charge is -2.18. The number of rotatable bonds is 8. The van der Waals surface area contributed by atoms with Crippen molar-refractivity contribution in [2.45, 2.75) is 25.6 Å². The van der Waals surface area contributed by atoms with Crippen LogP contribution in [-0.2, 0) is 24.0 Å². The molecule has 0 aromatic carbocycles. The normalized spacial score (nSPS) is 18.3. The quantitative estimate of drug-likeness (QED) is 0.337. The van der Waals surface area contributed by atoms with Crippen molar-refractivity contribution in [2.24, 2.45) is 0 Å². The minimum Gasteiger partial charge on any atom is -0.366 e. The molecule has 3 N–H and O–H groups in total. The van der Waals surface area contributed by atoms with Gasteiger partial charge in [0.2, 0.25) is 0 Å². The molecule has 25 heavy (non-hydrogen) atoms. The van der Waals surface area contributed by atoms with Crippen molar-refractivity contribution in [2.75, 3.05) is 19.6 Å². The van der Waals surface area contributed by atoms with Gasteiger partial charge in [0.05, 0.1) is 0 Å². The van der Waals surface area contributed by atoms with Crippen LogP contribution in [0, 0.1) is 0 Å². The summed E-state index contributed by atoms with van der Waals surface area (Å²) in [4.78, 5) is 62.6. The Morgan fingerprint density at radius 2 is 1.64 bits per heavy atom. The van der Waals surface area contributed by atoms with E-state index in [0.29, 0.717) is 5.06 Å². The summed E-state index contributed by atoms with van der Waals surface area (Å²) in [5, 5.41) is 15.0. The van der Waals surface area contributed by atoms with E-state index in [-0.39, 0.29) is 38.9 Å². The third kappa shape index (κ3) is 5.09. The van der Waals surface area contributed by atoms with Gasteiger partial charge in [0, 0.05) is 51.0 Å². The van der Waals surface area contributed by atoms with E-state index in [2.05, 4.69) is 10.6 Å². The topological polar surface area (TPSA) is 145 Å². The monoisotopic (exact) mass is 354 g/mol. The molecule has 0 saturated carbocycles. The SMILES string of the molecule is O=C(NCCC(O)ON1C(=O)CCC1=O)NCCN1C(=O)C=CC1=O. The summed E-state index contributed by atoms with van der Waals surface area (Å²) in [5.74, 6) is -1.90. The van der Waals surface area contributed by atoms with Gasteiger partial charge in [0.1, 0.15) is 0 Å². The Morgan fingerprint density at radius 3 is 2.24 bits per heavy atom. The molecule has 2 aliphatic rings. The van der Waals surface area contributed by atoms with Crippen LogP contribution in [-0.4, -0.2) is 70.7 Å². The van der Waals surface area contributed by atoms with E-state index >= 15 is 0 Å². The number of amides is 6. The average Bonchev–Trinajstić information content (AvgIpc) is 3.04. The van der Waals surface area contributed by atoms with Gasteiger partial charge in [-0.3, -0.25) is 24.1 Å². The van der Waals surface area contributed by atoms with Crippen molar-refractivity contribution < 1.29 is 33.9 Å². The second-order valence-electron chi connectivity index (χ2n) is 5.27. The van der Waals surface area contributed by atoms with E-state index in [1.54, 1.807) is 0 Å². The zero-order chi connectivity index (χ0) is 18.4. The van der Waals surface area contributed by atoms with Gasteiger partial charge in [0.25, 0.3) is 23.6 Å². The highest BCUT2D eigenvalue weighted by Crippen LogP contribution is 2.13. The van der Waals surface area contributed by atoms with Gasteiger partial charge in [0.15, 0.2) is 6.29 Å². The zero-order valence-electron chi connectivity index (χ0n) is 13.3. The third-order valence-electron chi connectivity index (χ3n) is 3.43. The predicted molar refractivity (Wildman–Crippen MR) is 80.1 cm³/mol. The Kier molecular flexibility index (Phi) is 6.19.